The molecule has 1 aliphatic heterocycles. The zero-order chi connectivity index (χ0) is 24.3. The van der Waals surface area contributed by atoms with Crippen LogP contribution in [0.4, 0.5) is 0 Å². The summed E-state index contributed by atoms with van der Waals surface area (Å²) >= 11 is 1.38. The van der Waals surface area contributed by atoms with Gasteiger partial charge in [-0.05, 0) is 57.0 Å². The van der Waals surface area contributed by atoms with E-state index >= 15 is 0 Å². The second-order valence-corrected chi connectivity index (χ2v) is 11.0. The minimum absolute atomic E-state index is 0.193. The molecule has 0 spiro atoms. The van der Waals surface area contributed by atoms with Gasteiger partial charge in [-0.2, -0.15) is 9.30 Å². The number of thiazole rings is 1. The van der Waals surface area contributed by atoms with Gasteiger partial charge in [0.05, 0.1) is 28.3 Å². The Morgan fingerprint density at radius 2 is 1.97 bits per heavy atom. The number of benzene rings is 2. The van der Waals surface area contributed by atoms with Crippen LogP contribution in [0.25, 0.3) is 10.2 Å². The van der Waals surface area contributed by atoms with Crippen molar-refractivity contribution in [3.05, 3.63) is 52.8 Å². The average molecular weight is 504 g/mol. The molecule has 1 unspecified atom stereocenters. The number of carbonyl (C=O) groups excluding carboxylic acids is 1. The highest BCUT2D eigenvalue weighted by molar-refractivity contribution is 7.89. The molecule has 8 nitrogen and oxygen atoms in total. The Bertz CT molecular complexity index is 1340. The van der Waals surface area contributed by atoms with Crippen molar-refractivity contribution in [3.63, 3.8) is 0 Å². The molecule has 0 aliphatic carbocycles. The number of amides is 1. The zero-order valence-corrected chi connectivity index (χ0v) is 21.2. The van der Waals surface area contributed by atoms with Gasteiger partial charge in [-0.25, -0.2) is 8.42 Å². The zero-order valence-electron chi connectivity index (χ0n) is 19.6. The molecule has 1 aliphatic rings. The maximum absolute atomic E-state index is 13.3. The third kappa shape index (κ3) is 4.95. The molecule has 10 heteroatoms. The third-order valence-corrected chi connectivity index (χ3v) is 8.77. The largest absolute Gasteiger partial charge is 0.494 e. The third-order valence-electron chi connectivity index (χ3n) is 5.81. The first-order valence-corrected chi connectivity index (χ1v) is 13.5. The van der Waals surface area contributed by atoms with Crippen LogP contribution in [0.15, 0.2) is 52.4 Å². The topological polar surface area (TPSA) is 90.2 Å². The normalized spacial score (nSPS) is 17.5. The van der Waals surface area contributed by atoms with Crippen LogP contribution in [0, 0.1) is 6.92 Å². The van der Waals surface area contributed by atoms with Gasteiger partial charge >= 0.3 is 0 Å². The van der Waals surface area contributed by atoms with Gasteiger partial charge in [-0.15, -0.1) is 0 Å². The summed E-state index contributed by atoms with van der Waals surface area (Å²) in [5, 5.41) is 0. The van der Waals surface area contributed by atoms with Crippen molar-refractivity contribution in [2.24, 2.45) is 4.99 Å². The average Bonchev–Trinajstić information content (AvgIpc) is 3.43. The molecule has 1 amide bonds. The van der Waals surface area contributed by atoms with Crippen molar-refractivity contribution in [1.82, 2.24) is 8.87 Å². The molecule has 1 atom stereocenters. The number of hydrogen-bond acceptors (Lipinski definition) is 6. The molecular formula is C24H29N3O5S2. The molecule has 2 heterocycles. The number of rotatable bonds is 8. The Labute approximate surface area is 203 Å². The van der Waals surface area contributed by atoms with Gasteiger partial charge in [-0.3, -0.25) is 4.79 Å². The molecule has 3 aromatic rings. The van der Waals surface area contributed by atoms with Crippen molar-refractivity contribution in [3.8, 4) is 5.75 Å². The molecule has 0 N–H and O–H groups in total. The Morgan fingerprint density at radius 1 is 1.21 bits per heavy atom. The lowest BCUT2D eigenvalue weighted by Gasteiger charge is -2.21. The van der Waals surface area contributed by atoms with Crippen molar-refractivity contribution < 1.29 is 22.7 Å². The van der Waals surface area contributed by atoms with E-state index < -0.39 is 22.0 Å². The van der Waals surface area contributed by atoms with Crippen LogP contribution in [-0.2, 0) is 26.1 Å². The quantitative estimate of drug-likeness (QED) is 0.470. The van der Waals surface area contributed by atoms with E-state index in [2.05, 4.69) is 4.99 Å². The van der Waals surface area contributed by atoms with Crippen LogP contribution in [0.2, 0.25) is 0 Å². The number of fused-ring (bicyclic) bond motifs is 1. The molecule has 182 valence electrons. The summed E-state index contributed by atoms with van der Waals surface area (Å²) in [7, 11) is -2.17. The van der Waals surface area contributed by atoms with E-state index in [0.717, 1.165) is 21.5 Å². The second kappa shape index (κ2) is 10.4. The fraction of sp³-hybridized carbons (Fsp3) is 0.417. The number of methoxy groups -OCH3 is 1. The highest BCUT2D eigenvalue weighted by atomic mass is 32.2. The van der Waals surface area contributed by atoms with Crippen LogP contribution in [0.1, 0.15) is 25.3 Å². The minimum Gasteiger partial charge on any atom is -0.494 e. The first-order valence-electron chi connectivity index (χ1n) is 11.3. The fourth-order valence-electron chi connectivity index (χ4n) is 4.08. The number of aryl methyl sites for hydroxylation is 1. The molecule has 1 aromatic heterocycles. The number of carbonyl (C=O) groups is 1. The highest BCUT2D eigenvalue weighted by Crippen LogP contribution is 2.28. The van der Waals surface area contributed by atoms with E-state index in [0.29, 0.717) is 43.9 Å². The van der Waals surface area contributed by atoms with Crippen LogP contribution < -0.4 is 9.54 Å². The Kier molecular flexibility index (Phi) is 7.51. The van der Waals surface area contributed by atoms with Gasteiger partial charge in [0.1, 0.15) is 11.8 Å². The van der Waals surface area contributed by atoms with Crippen molar-refractivity contribution in [1.29, 1.82) is 0 Å². The number of nitrogens with zero attached hydrogens (tertiary/aromatic N) is 3. The SMILES string of the molecule is CCOc1ccc2c(c1)sc(=NC(=O)C1CCCN1S(=O)(=O)c1ccc(C)cc1)n2CCOC. The lowest BCUT2D eigenvalue weighted by molar-refractivity contribution is -0.121. The van der Waals surface area contributed by atoms with Crippen LogP contribution >= 0.6 is 11.3 Å². The number of ether oxygens (including phenoxy) is 2. The first kappa shape index (κ1) is 24.6. The van der Waals surface area contributed by atoms with Crippen molar-refractivity contribution >= 4 is 37.5 Å². The molecule has 1 fully saturated rings. The van der Waals surface area contributed by atoms with Crippen LogP contribution in [0.3, 0.4) is 0 Å². The summed E-state index contributed by atoms with van der Waals surface area (Å²) in [5.41, 5.74) is 1.90. The Hall–Kier alpha value is -2.53. The van der Waals surface area contributed by atoms with Crippen LogP contribution in [-0.4, -0.2) is 56.1 Å². The monoisotopic (exact) mass is 503 g/mol. The van der Waals surface area contributed by atoms with Gasteiger partial charge in [0.15, 0.2) is 4.80 Å². The summed E-state index contributed by atoms with van der Waals surface area (Å²) in [5.74, 6) is 0.301. The van der Waals surface area contributed by atoms with Gasteiger partial charge in [0.25, 0.3) is 5.91 Å². The van der Waals surface area contributed by atoms with E-state index in [1.807, 2.05) is 36.6 Å². The number of sulfonamides is 1. The fourth-order valence-corrected chi connectivity index (χ4v) is 6.82. The van der Waals surface area contributed by atoms with Gasteiger partial charge in [-0.1, -0.05) is 29.0 Å². The standard InChI is InChI=1S/C24H29N3O5S2/c1-4-32-18-9-12-20-22(16-18)33-24(26(20)14-15-31-3)25-23(28)21-6-5-13-27(21)34(29,30)19-10-7-17(2)8-11-19/h7-12,16,21H,4-6,13-15H2,1-3H3. The van der Waals surface area contributed by atoms with E-state index in [1.54, 1.807) is 31.4 Å². The Balaban J connectivity index is 1.70. The smallest absolute Gasteiger partial charge is 0.266 e. The molecule has 2 aromatic carbocycles. The van der Waals surface area contributed by atoms with E-state index in [9.17, 15) is 13.2 Å². The molecule has 34 heavy (non-hydrogen) atoms. The van der Waals surface area contributed by atoms with E-state index in [-0.39, 0.29) is 4.90 Å². The summed E-state index contributed by atoms with van der Waals surface area (Å²) in [6, 6.07) is 11.6. The van der Waals surface area contributed by atoms with Crippen molar-refractivity contribution in [2.45, 2.75) is 44.2 Å². The first-order chi connectivity index (χ1) is 16.3. The van der Waals surface area contributed by atoms with Gasteiger partial charge < -0.3 is 14.0 Å². The van der Waals surface area contributed by atoms with Gasteiger partial charge in [0.2, 0.25) is 10.0 Å². The summed E-state index contributed by atoms with van der Waals surface area (Å²) in [6.45, 7) is 5.66. The molecular weight excluding hydrogens is 474 g/mol. The summed E-state index contributed by atoms with van der Waals surface area (Å²) < 4.78 is 41.5. The molecule has 1 saturated heterocycles. The maximum atomic E-state index is 13.3. The van der Waals surface area contributed by atoms with E-state index in [4.69, 9.17) is 9.47 Å². The maximum Gasteiger partial charge on any atom is 0.266 e. The molecule has 0 bridgehead atoms. The molecule has 0 radical (unpaired) electrons. The summed E-state index contributed by atoms with van der Waals surface area (Å²) in [6.07, 6.45) is 1.07. The number of aromatic nitrogens is 1. The van der Waals surface area contributed by atoms with Crippen LogP contribution in [0.5, 0.6) is 5.75 Å². The predicted octanol–water partition coefficient (Wildman–Crippen LogP) is 3.34. The number of hydrogen-bond donors (Lipinski definition) is 0. The summed E-state index contributed by atoms with van der Waals surface area (Å²) in [4.78, 5) is 18.4. The van der Waals surface area contributed by atoms with Crippen molar-refractivity contribution in [2.75, 3.05) is 26.9 Å². The van der Waals surface area contributed by atoms with Gasteiger partial charge in [0, 0.05) is 20.2 Å². The molecule has 0 saturated carbocycles. The highest BCUT2D eigenvalue weighted by Gasteiger charge is 2.39. The lowest BCUT2D eigenvalue weighted by Crippen LogP contribution is -2.40. The molecule has 4 rings (SSSR count). The second-order valence-electron chi connectivity index (χ2n) is 8.13. The Morgan fingerprint density at radius 3 is 2.68 bits per heavy atom. The minimum atomic E-state index is -3.79. The lowest BCUT2D eigenvalue weighted by atomic mass is 10.2. The van der Waals surface area contributed by atoms with E-state index in [1.165, 1.54) is 15.6 Å². The predicted molar refractivity (Wildman–Crippen MR) is 132 cm³/mol.